The summed E-state index contributed by atoms with van der Waals surface area (Å²) in [5.41, 5.74) is 5.49. The Hall–Kier alpha value is -2.41. The first-order valence-corrected chi connectivity index (χ1v) is 7.14. The van der Waals surface area contributed by atoms with Crippen molar-refractivity contribution in [3.63, 3.8) is 0 Å². The number of aromatic nitrogens is 2. The van der Waals surface area contributed by atoms with E-state index in [1.165, 1.54) is 11.0 Å². The van der Waals surface area contributed by atoms with Gasteiger partial charge in [-0.1, -0.05) is 0 Å². The molecular formula is C15H20N4O3. The lowest BCUT2D eigenvalue weighted by atomic mass is 10.1. The van der Waals surface area contributed by atoms with Gasteiger partial charge in [0.15, 0.2) is 0 Å². The van der Waals surface area contributed by atoms with Gasteiger partial charge in [0.1, 0.15) is 0 Å². The summed E-state index contributed by atoms with van der Waals surface area (Å²) in [5, 5.41) is 0.382. The number of aromatic amines is 1. The summed E-state index contributed by atoms with van der Waals surface area (Å²) in [6, 6.07) is 4.58. The highest BCUT2D eigenvalue weighted by molar-refractivity contribution is 5.97. The van der Waals surface area contributed by atoms with Crippen LogP contribution in [0.4, 0.5) is 0 Å². The number of carbonyl (C=O) groups excluding carboxylic acids is 1. The summed E-state index contributed by atoms with van der Waals surface area (Å²) in [6.45, 7) is 4.22. The van der Waals surface area contributed by atoms with Gasteiger partial charge in [-0.25, -0.2) is 4.79 Å². The molecule has 3 N–H and O–H groups in total. The second kappa shape index (κ2) is 6.15. The summed E-state index contributed by atoms with van der Waals surface area (Å²) in [6.07, 6.45) is 0. The van der Waals surface area contributed by atoms with Crippen LogP contribution in [0.3, 0.4) is 0 Å². The predicted molar refractivity (Wildman–Crippen MR) is 85.1 cm³/mol. The monoisotopic (exact) mass is 304 g/mol. The fraction of sp³-hybridized carbons (Fsp3) is 0.400. The Balaban J connectivity index is 2.55. The minimum Gasteiger partial charge on any atom is -0.338 e. The van der Waals surface area contributed by atoms with E-state index in [1.54, 1.807) is 26.1 Å². The molecule has 0 saturated carbocycles. The molecule has 1 unspecified atom stereocenters. The molecule has 118 valence electrons. The largest absolute Gasteiger partial charge is 0.338 e. The van der Waals surface area contributed by atoms with Gasteiger partial charge in [0.25, 0.3) is 11.5 Å². The molecule has 0 spiro atoms. The Labute approximate surface area is 127 Å². The van der Waals surface area contributed by atoms with Crippen LogP contribution in [0.25, 0.3) is 10.9 Å². The molecular weight excluding hydrogens is 284 g/mol. The number of benzene rings is 1. The van der Waals surface area contributed by atoms with Crippen LogP contribution >= 0.6 is 0 Å². The molecule has 1 heterocycles. The first-order chi connectivity index (χ1) is 10.4. The Kier molecular flexibility index (Phi) is 4.46. The lowest BCUT2D eigenvalue weighted by molar-refractivity contribution is 0.0748. The molecule has 0 bridgehead atoms. The first-order valence-electron chi connectivity index (χ1n) is 7.14. The average molecular weight is 304 g/mol. The van der Waals surface area contributed by atoms with E-state index >= 15 is 0 Å². The smallest absolute Gasteiger partial charge is 0.328 e. The van der Waals surface area contributed by atoms with Gasteiger partial charge in [0.2, 0.25) is 0 Å². The second-order valence-electron chi connectivity index (χ2n) is 5.24. The standard InChI is InChI=1S/C15H20N4O3/c1-4-19-14(21)11-6-5-10(7-12(11)17-15(19)22)13(20)18(3)9(2)8-16/h5-7,9H,4,8,16H2,1-3H3,(H,17,22). The Morgan fingerprint density at radius 3 is 2.68 bits per heavy atom. The third kappa shape index (κ3) is 2.67. The van der Waals surface area contributed by atoms with Gasteiger partial charge < -0.3 is 15.6 Å². The number of rotatable bonds is 4. The number of nitrogens with one attached hydrogen (secondary N) is 1. The fourth-order valence-corrected chi connectivity index (χ4v) is 2.24. The maximum atomic E-state index is 12.4. The highest BCUT2D eigenvalue weighted by atomic mass is 16.2. The summed E-state index contributed by atoms with van der Waals surface area (Å²) < 4.78 is 1.12. The minimum absolute atomic E-state index is 0.102. The number of H-pyrrole nitrogens is 1. The molecule has 1 amide bonds. The molecule has 0 saturated heterocycles. The molecule has 1 aromatic heterocycles. The summed E-state index contributed by atoms with van der Waals surface area (Å²) >= 11 is 0. The van der Waals surface area contributed by atoms with E-state index in [4.69, 9.17) is 5.73 Å². The summed E-state index contributed by atoms with van der Waals surface area (Å²) in [5.74, 6) is -0.208. The molecule has 1 atom stereocenters. The van der Waals surface area contributed by atoms with Gasteiger partial charge in [0, 0.05) is 31.7 Å². The number of amides is 1. The van der Waals surface area contributed by atoms with Crippen LogP contribution in [0.15, 0.2) is 27.8 Å². The summed E-state index contributed by atoms with van der Waals surface area (Å²) in [4.78, 5) is 40.6. The molecule has 0 aliphatic heterocycles. The van der Waals surface area contributed by atoms with Crippen molar-refractivity contribution in [3.05, 3.63) is 44.6 Å². The number of fused-ring (bicyclic) bond motifs is 1. The van der Waals surface area contributed by atoms with Gasteiger partial charge in [-0.3, -0.25) is 14.2 Å². The van der Waals surface area contributed by atoms with Crippen LogP contribution in [-0.2, 0) is 6.54 Å². The van der Waals surface area contributed by atoms with Gasteiger partial charge in [0.05, 0.1) is 10.9 Å². The Morgan fingerprint density at radius 2 is 2.09 bits per heavy atom. The maximum Gasteiger partial charge on any atom is 0.328 e. The van der Waals surface area contributed by atoms with Crippen LogP contribution in [0.2, 0.25) is 0 Å². The van der Waals surface area contributed by atoms with Crippen LogP contribution in [0.1, 0.15) is 24.2 Å². The maximum absolute atomic E-state index is 12.4. The zero-order valence-electron chi connectivity index (χ0n) is 12.9. The van der Waals surface area contributed by atoms with E-state index in [9.17, 15) is 14.4 Å². The molecule has 0 aliphatic rings. The Bertz CT molecular complexity index is 822. The topological polar surface area (TPSA) is 101 Å². The number of hydrogen-bond acceptors (Lipinski definition) is 4. The average Bonchev–Trinajstić information content (AvgIpc) is 2.52. The molecule has 7 nitrogen and oxygen atoms in total. The van der Waals surface area contributed by atoms with Crippen LogP contribution < -0.4 is 17.0 Å². The van der Waals surface area contributed by atoms with Crippen LogP contribution in [-0.4, -0.2) is 40.0 Å². The van der Waals surface area contributed by atoms with Crippen molar-refractivity contribution in [3.8, 4) is 0 Å². The van der Waals surface area contributed by atoms with Crippen molar-refractivity contribution in [1.82, 2.24) is 14.5 Å². The zero-order chi connectivity index (χ0) is 16.4. The highest BCUT2D eigenvalue weighted by Crippen LogP contribution is 2.12. The van der Waals surface area contributed by atoms with E-state index in [1.807, 2.05) is 6.92 Å². The molecule has 22 heavy (non-hydrogen) atoms. The van der Waals surface area contributed by atoms with Crippen molar-refractivity contribution < 1.29 is 4.79 Å². The van der Waals surface area contributed by atoms with E-state index in [0.717, 1.165) is 4.57 Å². The van der Waals surface area contributed by atoms with Crippen LogP contribution in [0, 0.1) is 0 Å². The third-order valence-corrected chi connectivity index (χ3v) is 3.87. The zero-order valence-corrected chi connectivity index (χ0v) is 12.9. The van der Waals surface area contributed by atoms with E-state index < -0.39 is 5.69 Å². The molecule has 2 aromatic rings. The van der Waals surface area contributed by atoms with Gasteiger partial charge in [-0.15, -0.1) is 0 Å². The molecule has 0 radical (unpaired) electrons. The first kappa shape index (κ1) is 16.0. The number of nitrogens with two attached hydrogens (primary N) is 1. The molecule has 0 fully saturated rings. The van der Waals surface area contributed by atoms with Crippen molar-refractivity contribution >= 4 is 16.8 Å². The lowest BCUT2D eigenvalue weighted by Gasteiger charge is -2.23. The molecule has 1 aromatic carbocycles. The molecule has 0 aliphatic carbocycles. The second-order valence-corrected chi connectivity index (χ2v) is 5.24. The quantitative estimate of drug-likeness (QED) is 0.838. The predicted octanol–water partition coefficient (Wildman–Crippen LogP) is 0.129. The van der Waals surface area contributed by atoms with Gasteiger partial charge in [-0.2, -0.15) is 0 Å². The van der Waals surface area contributed by atoms with Crippen molar-refractivity contribution in [2.75, 3.05) is 13.6 Å². The van der Waals surface area contributed by atoms with E-state index in [-0.39, 0.29) is 17.5 Å². The number of hydrogen-bond donors (Lipinski definition) is 2. The lowest BCUT2D eigenvalue weighted by Crippen LogP contribution is -2.39. The normalized spacial score (nSPS) is 12.4. The fourth-order valence-electron chi connectivity index (χ4n) is 2.24. The Morgan fingerprint density at radius 1 is 1.41 bits per heavy atom. The molecule has 2 rings (SSSR count). The third-order valence-electron chi connectivity index (χ3n) is 3.87. The van der Waals surface area contributed by atoms with E-state index in [2.05, 4.69) is 4.98 Å². The van der Waals surface area contributed by atoms with Crippen LogP contribution in [0.5, 0.6) is 0 Å². The number of likely N-dealkylation sites (N-methyl/N-ethyl adjacent to an activating group) is 1. The number of nitrogens with zero attached hydrogens (tertiary/aromatic N) is 2. The minimum atomic E-state index is -0.478. The van der Waals surface area contributed by atoms with Crippen molar-refractivity contribution in [1.29, 1.82) is 0 Å². The number of carbonyl (C=O) groups is 1. The molecule has 7 heteroatoms. The van der Waals surface area contributed by atoms with Crippen molar-refractivity contribution in [2.24, 2.45) is 5.73 Å². The SMILES string of the molecule is CCn1c(=O)[nH]c2cc(C(=O)N(C)C(C)CN)ccc2c1=O. The van der Waals surface area contributed by atoms with Crippen molar-refractivity contribution in [2.45, 2.75) is 26.4 Å². The van der Waals surface area contributed by atoms with Gasteiger partial charge >= 0.3 is 5.69 Å². The summed E-state index contributed by atoms with van der Waals surface area (Å²) in [7, 11) is 1.67. The van der Waals surface area contributed by atoms with Gasteiger partial charge in [-0.05, 0) is 32.0 Å². The highest BCUT2D eigenvalue weighted by Gasteiger charge is 2.17. The van der Waals surface area contributed by atoms with E-state index in [0.29, 0.717) is 29.6 Å².